The summed E-state index contributed by atoms with van der Waals surface area (Å²) in [5, 5.41) is 6.50. The Labute approximate surface area is 74.5 Å². The van der Waals surface area contributed by atoms with Crippen LogP contribution in [0.3, 0.4) is 0 Å². The number of amides is 1. The van der Waals surface area contributed by atoms with Gasteiger partial charge in [-0.3, -0.25) is 4.79 Å². The van der Waals surface area contributed by atoms with E-state index in [0.29, 0.717) is 12.6 Å². The van der Waals surface area contributed by atoms with Gasteiger partial charge in [-0.15, -0.1) is 0 Å². The monoisotopic (exact) mass is 173 g/mol. The van der Waals surface area contributed by atoms with Crippen LogP contribution in [0.2, 0.25) is 0 Å². The summed E-state index contributed by atoms with van der Waals surface area (Å²) in [4.78, 5) is 11.0. The second kappa shape index (κ2) is 5.11. The molecule has 0 aliphatic carbocycles. The standard InChI is InChI=1S/C8H19N3O/c1-7(2)11(5)10(4)6-8(12)9-3/h7H,6H2,1-5H3,(H,9,12). The van der Waals surface area contributed by atoms with Crippen LogP contribution in [0.25, 0.3) is 0 Å². The van der Waals surface area contributed by atoms with Crippen molar-refractivity contribution < 1.29 is 4.79 Å². The van der Waals surface area contributed by atoms with Crippen LogP contribution in [0.5, 0.6) is 0 Å². The van der Waals surface area contributed by atoms with Crippen LogP contribution in [-0.2, 0) is 4.79 Å². The van der Waals surface area contributed by atoms with Gasteiger partial charge in [0.2, 0.25) is 5.91 Å². The highest BCUT2D eigenvalue weighted by Crippen LogP contribution is 1.96. The van der Waals surface area contributed by atoms with Crippen LogP contribution in [0.1, 0.15) is 13.8 Å². The van der Waals surface area contributed by atoms with E-state index in [0.717, 1.165) is 0 Å². The molecule has 0 aromatic carbocycles. The summed E-state index contributed by atoms with van der Waals surface area (Å²) >= 11 is 0. The Morgan fingerprint density at radius 1 is 1.42 bits per heavy atom. The fraction of sp³-hybridized carbons (Fsp3) is 0.875. The van der Waals surface area contributed by atoms with E-state index in [1.165, 1.54) is 0 Å². The highest BCUT2D eigenvalue weighted by atomic mass is 16.2. The highest BCUT2D eigenvalue weighted by molar-refractivity contribution is 5.77. The number of nitrogens with one attached hydrogen (secondary N) is 1. The van der Waals surface area contributed by atoms with Gasteiger partial charge in [-0.1, -0.05) is 0 Å². The van der Waals surface area contributed by atoms with E-state index in [1.54, 1.807) is 7.05 Å². The van der Waals surface area contributed by atoms with Crippen LogP contribution < -0.4 is 5.32 Å². The van der Waals surface area contributed by atoms with Gasteiger partial charge in [-0.05, 0) is 13.8 Å². The number of hydrogen-bond acceptors (Lipinski definition) is 3. The number of hydrogen-bond donors (Lipinski definition) is 1. The summed E-state index contributed by atoms with van der Waals surface area (Å²) in [7, 11) is 5.51. The Bertz CT molecular complexity index is 147. The maximum Gasteiger partial charge on any atom is 0.235 e. The van der Waals surface area contributed by atoms with Crippen LogP contribution in [0.4, 0.5) is 0 Å². The van der Waals surface area contributed by atoms with Gasteiger partial charge in [0.1, 0.15) is 0 Å². The van der Waals surface area contributed by atoms with Gasteiger partial charge in [0.05, 0.1) is 6.54 Å². The maximum absolute atomic E-state index is 11.0. The molecule has 0 saturated heterocycles. The zero-order valence-electron chi connectivity index (χ0n) is 8.59. The molecule has 4 nitrogen and oxygen atoms in total. The minimum absolute atomic E-state index is 0.0324. The lowest BCUT2D eigenvalue weighted by Gasteiger charge is -2.30. The number of carbonyl (C=O) groups excluding carboxylic acids is 1. The molecule has 0 unspecified atom stereocenters. The average molecular weight is 173 g/mol. The Morgan fingerprint density at radius 2 is 1.92 bits per heavy atom. The summed E-state index contributed by atoms with van der Waals surface area (Å²) in [5.74, 6) is 0.0324. The third-order valence-corrected chi connectivity index (χ3v) is 1.94. The van der Waals surface area contributed by atoms with Gasteiger partial charge >= 0.3 is 0 Å². The van der Waals surface area contributed by atoms with E-state index in [9.17, 15) is 4.79 Å². The van der Waals surface area contributed by atoms with Crippen molar-refractivity contribution in [2.24, 2.45) is 0 Å². The van der Waals surface area contributed by atoms with Gasteiger partial charge in [-0.25, -0.2) is 10.0 Å². The first-order valence-electron chi connectivity index (χ1n) is 4.13. The number of nitrogens with zero attached hydrogens (tertiary/aromatic N) is 2. The minimum atomic E-state index is 0.0324. The molecule has 0 saturated carbocycles. The lowest BCUT2D eigenvalue weighted by atomic mass is 10.4. The molecule has 0 rings (SSSR count). The summed E-state index contributed by atoms with van der Waals surface area (Å²) in [6.45, 7) is 4.58. The quantitative estimate of drug-likeness (QED) is 0.604. The van der Waals surface area contributed by atoms with Crippen molar-refractivity contribution >= 4 is 5.91 Å². The molecule has 72 valence electrons. The van der Waals surface area contributed by atoms with Gasteiger partial charge < -0.3 is 5.32 Å². The van der Waals surface area contributed by atoms with E-state index in [4.69, 9.17) is 0 Å². The summed E-state index contributed by atoms with van der Waals surface area (Å²) in [6.07, 6.45) is 0. The first-order valence-corrected chi connectivity index (χ1v) is 4.13. The van der Waals surface area contributed by atoms with Crippen molar-refractivity contribution in [3.63, 3.8) is 0 Å². The summed E-state index contributed by atoms with van der Waals surface area (Å²) in [6, 6.07) is 0.416. The number of rotatable bonds is 4. The second-order valence-corrected chi connectivity index (χ2v) is 3.16. The van der Waals surface area contributed by atoms with Crippen LogP contribution in [0, 0.1) is 0 Å². The molecule has 0 aromatic rings. The van der Waals surface area contributed by atoms with Gasteiger partial charge in [0.25, 0.3) is 0 Å². The van der Waals surface area contributed by atoms with E-state index in [-0.39, 0.29) is 5.91 Å². The lowest BCUT2D eigenvalue weighted by molar-refractivity contribution is -0.126. The molecule has 0 aliphatic rings. The topological polar surface area (TPSA) is 35.6 Å². The largest absolute Gasteiger partial charge is 0.358 e. The molecule has 12 heavy (non-hydrogen) atoms. The van der Waals surface area contributed by atoms with Crippen molar-refractivity contribution in [2.75, 3.05) is 27.7 Å². The van der Waals surface area contributed by atoms with E-state index in [2.05, 4.69) is 19.2 Å². The summed E-state index contributed by atoms with van der Waals surface area (Å²) < 4.78 is 0. The molecule has 0 heterocycles. The molecule has 0 fully saturated rings. The van der Waals surface area contributed by atoms with Crippen molar-refractivity contribution in [1.82, 2.24) is 15.3 Å². The maximum atomic E-state index is 11.0. The molecular formula is C8H19N3O. The minimum Gasteiger partial charge on any atom is -0.358 e. The molecule has 0 aromatic heterocycles. The third-order valence-electron chi connectivity index (χ3n) is 1.94. The van der Waals surface area contributed by atoms with Crippen molar-refractivity contribution in [2.45, 2.75) is 19.9 Å². The molecule has 4 heteroatoms. The van der Waals surface area contributed by atoms with Crippen molar-refractivity contribution in [3.8, 4) is 0 Å². The van der Waals surface area contributed by atoms with E-state index >= 15 is 0 Å². The van der Waals surface area contributed by atoms with E-state index in [1.807, 2.05) is 24.1 Å². The average Bonchev–Trinajstić information content (AvgIpc) is 2.02. The Hall–Kier alpha value is -0.610. The zero-order chi connectivity index (χ0) is 9.72. The first-order chi connectivity index (χ1) is 5.49. The van der Waals surface area contributed by atoms with Gasteiger partial charge in [0, 0.05) is 27.2 Å². The highest BCUT2D eigenvalue weighted by Gasteiger charge is 2.11. The molecule has 1 amide bonds. The Morgan fingerprint density at radius 3 is 2.25 bits per heavy atom. The van der Waals surface area contributed by atoms with Gasteiger partial charge in [-0.2, -0.15) is 0 Å². The molecule has 0 radical (unpaired) electrons. The normalized spacial score (nSPS) is 11.3. The molecule has 0 spiro atoms. The molecule has 0 bridgehead atoms. The van der Waals surface area contributed by atoms with Crippen molar-refractivity contribution in [3.05, 3.63) is 0 Å². The zero-order valence-corrected chi connectivity index (χ0v) is 8.59. The molecule has 0 aliphatic heterocycles. The van der Waals surface area contributed by atoms with Crippen LogP contribution >= 0.6 is 0 Å². The molecule has 1 N–H and O–H groups in total. The number of hydrazine groups is 1. The fourth-order valence-electron chi connectivity index (χ4n) is 0.793. The fourth-order valence-corrected chi connectivity index (χ4v) is 0.793. The van der Waals surface area contributed by atoms with Gasteiger partial charge in [0.15, 0.2) is 0 Å². The third kappa shape index (κ3) is 3.69. The molecule has 0 atom stereocenters. The van der Waals surface area contributed by atoms with Crippen LogP contribution in [-0.4, -0.2) is 49.7 Å². The van der Waals surface area contributed by atoms with Crippen molar-refractivity contribution in [1.29, 1.82) is 0 Å². The predicted molar refractivity (Wildman–Crippen MR) is 49.6 cm³/mol. The summed E-state index contributed by atoms with van der Waals surface area (Å²) in [5.41, 5.74) is 0. The van der Waals surface area contributed by atoms with E-state index < -0.39 is 0 Å². The smallest absolute Gasteiger partial charge is 0.235 e. The second-order valence-electron chi connectivity index (χ2n) is 3.16. The Balaban J connectivity index is 3.86. The molecular weight excluding hydrogens is 154 g/mol. The number of likely N-dealkylation sites (N-methyl/N-ethyl adjacent to an activating group) is 2. The SMILES string of the molecule is CNC(=O)CN(C)N(C)C(C)C. The van der Waals surface area contributed by atoms with Crippen LogP contribution in [0.15, 0.2) is 0 Å². The lowest BCUT2D eigenvalue weighted by Crippen LogP contribution is -2.45. The predicted octanol–water partition coefficient (Wildman–Crippen LogP) is -0.0806. The Kier molecular flexibility index (Phi) is 4.85. The first kappa shape index (κ1) is 11.4. The number of carbonyl (C=O) groups is 1.